The number of fused-ring (bicyclic) bond motifs is 1. The zero-order valence-corrected chi connectivity index (χ0v) is 14.3. The van der Waals surface area contributed by atoms with Crippen LogP contribution in [0.5, 0.6) is 0 Å². The number of rotatable bonds is 3. The minimum absolute atomic E-state index is 0.0613. The molecule has 0 spiro atoms. The number of hydrogen-bond donors (Lipinski definition) is 1. The van der Waals surface area contributed by atoms with Crippen LogP contribution in [0.4, 0.5) is 4.39 Å². The minimum Gasteiger partial charge on any atom is -0.335 e. The lowest BCUT2D eigenvalue weighted by atomic mass is 10.0. The first-order chi connectivity index (χ1) is 12.2. The van der Waals surface area contributed by atoms with Crippen molar-refractivity contribution in [1.29, 1.82) is 0 Å². The molecule has 134 valence electrons. The summed E-state index contributed by atoms with van der Waals surface area (Å²) in [5.74, 6) is 1.69. The average molecular weight is 345 g/mol. The van der Waals surface area contributed by atoms with Gasteiger partial charge in [0.05, 0.1) is 19.1 Å². The van der Waals surface area contributed by atoms with Gasteiger partial charge in [-0.2, -0.15) is 0 Å². The van der Waals surface area contributed by atoms with E-state index in [0.29, 0.717) is 12.0 Å². The van der Waals surface area contributed by atoms with E-state index < -0.39 is 6.17 Å². The van der Waals surface area contributed by atoms with Crippen LogP contribution in [0.15, 0.2) is 6.20 Å². The molecule has 5 rings (SSSR count). The van der Waals surface area contributed by atoms with Crippen LogP contribution in [-0.4, -0.2) is 70.1 Å². The summed E-state index contributed by atoms with van der Waals surface area (Å²) < 4.78 is 13.0. The van der Waals surface area contributed by atoms with E-state index in [2.05, 4.69) is 15.2 Å². The molecule has 2 saturated heterocycles. The van der Waals surface area contributed by atoms with Gasteiger partial charge >= 0.3 is 0 Å². The molecule has 25 heavy (non-hydrogen) atoms. The maximum absolute atomic E-state index is 13.0. The molecule has 0 aromatic carbocycles. The maximum Gasteiger partial charge on any atom is 0.239 e. The van der Waals surface area contributed by atoms with Crippen LogP contribution in [0.25, 0.3) is 0 Å². The second-order valence-electron chi connectivity index (χ2n) is 7.89. The monoisotopic (exact) mass is 345 g/mol. The molecule has 0 radical (unpaired) electrons. The number of nitrogens with zero attached hydrogens (tertiary/aromatic N) is 4. The number of nitrogens with one attached hydrogen (secondary N) is 1. The van der Waals surface area contributed by atoms with Gasteiger partial charge in [0.25, 0.3) is 0 Å². The normalized spacial score (nSPS) is 30.2. The minimum atomic E-state index is -0.833. The number of halogens is 1. The number of carbonyl (C=O) groups excluding carboxylic acids is 1. The predicted octanol–water partition coefficient (Wildman–Crippen LogP) is 0.623. The molecule has 0 unspecified atom stereocenters. The van der Waals surface area contributed by atoms with Crippen LogP contribution in [-0.2, 0) is 17.8 Å². The van der Waals surface area contributed by atoms with Gasteiger partial charge in [-0.1, -0.05) is 0 Å². The molecular formula is C18H24FN5O. The molecule has 1 amide bonds. The van der Waals surface area contributed by atoms with Crippen molar-refractivity contribution in [2.24, 2.45) is 0 Å². The molecule has 2 atom stereocenters. The van der Waals surface area contributed by atoms with Crippen molar-refractivity contribution in [3.05, 3.63) is 23.3 Å². The van der Waals surface area contributed by atoms with Crippen LogP contribution in [0.1, 0.15) is 42.3 Å². The molecule has 3 aliphatic heterocycles. The Morgan fingerprint density at radius 3 is 2.92 bits per heavy atom. The fraction of sp³-hybridized carbons (Fsp3) is 0.722. The number of likely N-dealkylation sites (tertiary alicyclic amines) is 1. The summed E-state index contributed by atoms with van der Waals surface area (Å²) in [4.78, 5) is 25.8. The Labute approximate surface area is 146 Å². The van der Waals surface area contributed by atoms with Gasteiger partial charge in [0, 0.05) is 55.5 Å². The summed E-state index contributed by atoms with van der Waals surface area (Å²) in [5.41, 5.74) is 2.44. The SMILES string of the molecule is O=C([C@@H]1C[C@H](N2CCc3nc(C4CC4)ncc3C2)CN1)N1CC(F)C1. The third kappa shape index (κ3) is 2.93. The van der Waals surface area contributed by atoms with Crippen molar-refractivity contribution in [2.75, 3.05) is 26.2 Å². The molecule has 1 aliphatic carbocycles. The van der Waals surface area contributed by atoms with Gasteiger partial charge in [-0.3, -0.25) is 9.69 Å². The summed E-state index contributed by atoms with van der Waals surface area (Å²) in [6.45, 7) is 3.19. The lowest BCUT2D eigenvalue weighted by Gasteiger charge is -2.36. The van der Waals surface area contributed by atoms with Gasteiger partial charge in [-0.15, -0.1) is 0 Å². The van der Waals surface area contributed by atoms with Crippen LogP contribution >= 0.6 is 0 Å². The van der Waals surface area contributed by atoms with E-state index in [4.69, 9.17) is 4.98 Å². The third-order valence-corrected chi connectivity index (χ3v) is 6.00. The molecule has 0 bridgehead atoms. The average Bonchev–Trinajstić information content (AvgIpc) is 3.34. The van der Waals surface area contributed by atoms with E-state index in [0.717, 1.165) is 38.3 Å². The summed E-state index contributed by atoms with van der Waals surface area (Å²) in [6.07, 6.45) is 5.41. The van der Waals surface area contributed by atoms with Crippen molar-refractivity contribution >= 4 is 5.91 Å². The summed E-state index contributed by atoms with van der Waals surface area (Å²) in [7, 11) is 0. The molecule has 1 saturated carbocycles. The Hall–Kier alpha value is -1.60. The fourth-order valence-corrected chi connectivity index (χ4v) is 4.21. The second kappa shape index (κ2) is 5.99. The highest BCUT2D eigenvalue weighted by molar-refractivity contribution is 5.83. The van der Waals surface area contributed by atoms with Gasteiger partial charge in [-0.05, 0) is 19.3 Å². The van der Waals surface area contributed by atoms with Gasteiger partial charge in [0.2, 0.25) is 5.91 Å². The van der Waals surface area contributed by atoms with Crippen LogP contribution in [0.3, 0.4) is 0 Å². The van der Waals surface area contributed by atoms with E-state index >= 15 is 0 Å². The number of alkyl halides is 1. The van der Waals surface area contributed by atoms with Gasteiger partial charge < -0.3 is 10.2 Å². The Morgan fingerprint density at radius 1 is 1.32 bits per heavy atom. The predicted molar refractivity (Wildman–Crippen MR) is 89.8 cm³/mol. The highest BCUT2D eigenvalue weighted by Gasteiger charge is 2.40. The lowest BCUT2D eigenvalue weighted by molar-refractivity contribution is -0.140. The van der Waals surface area contributed by atoms with Crippen LogP contribution in [0.2, 0.25) is 0 Å². The highest BCUT2D eigenvalue weighted by Crippen LogP contribution is 2.38. The van der Waals surface area contributed by atoms with Crippen molar-refractivity contribution in [3.63, 3.8) is 0 Å². The molecule has 7 heteroatoms. The molecule has 1 aromatic heterocycles. The van der Waals surface area contributed by atoms with Gasteiger partial charge in [0.1, 0.15) is 12.0 Å². The molecule has 3 fully saturated rings. The zero-order valence-electron chi connectivity index (χ0n) is 14.3. The first-order valence-corrected chi connectivity index (χ1v) is 9.42. The molecular weight excluding hydrogens is 321 g/mol. The summed E-state index contributed by atoms with van der Waals surface area (Å²) in [5, 5.41) is 3.34. The molecule has 1 aromatic rings. The Morgan fingerprint density at radius 2 is 2.16 bits per heavy atom. The Kier molecular flexibility index (Phi) is 3.74. The summed E-state index contributed by atoms with van der Waals surface area (Å²) >= 11 is 0. The van der Waals surface area contributed by atoms with Gasteiger partial charge in [0.15, 0.2) is 0 Å². The summed E-state index contributed by atoms with van der Waals surface area (Å²) in [6, 6.07) is 0.194. The van der Waals surface area contributed by atoms with E-state index in [-0.39, 0.29) is 25.0 Å². The Balaban J connectivity index is 1.21. The van der Waals surface area contributed by atoms with E-state index in [1.165, 1.54) is 24.1 Å². The first kappa shape index (κ1) is 15.6. The third-order valence-electron chi connectivity index (χ3n) is 6.00. The molecule has 6 nitrogen and oxygen atoms in total. The first-order valence-electron chi connectivity index (χ1n) is 9.42. The number of amides is 1. The van der Waals surface area contributed by atoms with Crippen LogP contribution < -0.4 is 5.32 Å². The highest BCUT2D eigenvalue weighted by atomic mass is 19.1. The number of carbonyl (C=O) groups is 1. The standard InChI is InChI=1S/C18H24FN5O/c19-13-9-24(10-13)18(25)16-5-14(7-20-16)23-4-3-15-12(8-23)6-21-17(22-15)11-1-2-11/h6,11,13-14,16,20H,1-5,7-10H2/t14-,16-/m0/s1. The maximum atomic E-state index is 13.0. The van der Waals surface area contributed by atoms with E-state index in [1.807, 2.05) is 6.20 Å². The molecule has 4 heterocycles. The van der Waals surface area contributed by atoms with Gasteiger partial charge in [-0.25, -0.2) is 14.4 Å². The van der Waals surface area contributed by atoms with Crippen LogP contribution in [0, 0.1) is 0 Å². The fourth-order valence-electron chi connectivity index (χ4n) is 4.21. The van der Waals surface area contributed by atoms with Crippen molar-refractivity contribution in [1.82, 2.24) is 25.1 Å². The van der Waals surface area contributed by atoms with E-state index in [1.54, 1.807) is 4.90 Å². The van der Waals surface area contributed by atoms with Crippen molar-refractivity contribution in [2.45, 2.75) is 56.4 Å². The largest absolute Gasteiger partial charge is 0.335 e. The Bertz CT molecular complexity index is 688. The smallest absolute Gasteiger partial charge is 0.239 e. The van der Waals surface area contributed by atoms with Crippen molar-refractivity contribution in [3.8, 4) is 0 Å². The quantitative estimate of drug-likeness (QED) is 0.870. The molecule has 1 N–H and O–H groups in total. The zero-order chi connectivity index (χ0) is 17.0. The topological polar surface area (TPSA) is 61.4 Å². The number of aromatic nitrogens is 2. The van der Waals surface area contributed by atoms with Crippen molar-refractivity contribution < 1.29 is 9.18 Å². The number of hydrogen-bond acceptors (Lipinski definition) is 5. The lowest BCUT2D eigenvalue weighted by Crippen LogP contribution is -2.56. The molecule has 4 aliphatic rings. The van der Waals surface area contributed by atoms with E-state index in [9.17, 15) is 9.18 Å². The second-order valence-corrected chi connectivity index (χ2v) is 7.89.